The summed E-state index contributed by atoms with van der Waals surface area (Å²) in [5.41, 5.74) is 2.66. The molecule has 0 bridgehead atoms. The highest BCUT2D eigenvalue weighted by atomic mass is 35.5. The molecule has 1 unspecified atom stereocenters. The monoisotopic (exact) mass is 444 g/mol. The van der Waals surface area contributed by atoms with E-state index in [1.807, 2.05) is 24.1 Å². The minimum atomic E-state index is -4.42. The van der Waals surface area contributed by atoms with Crippen LogP contribution in [0.25, 0.3) is 0 Å². The molecule has 160 valence electrons. The Bertz CT molecular complexity index is 1130. The summed E-state index contributed by atoms with van der Waals surface area (Å²) in [6, 6.07) is 17.3. The van der Waals surface area contributed by atoms with Crippen LogP contribution in [0.2, 0.25) is 5.02 Å². The Balaban J connectivity index is 1.81. The number of benzene rings is 3. The third-order valence-electron chi connectivity index (χ3n) is 5.34. The van der Waals surface area contributed by atoms with E-state index in [2.05, 4.69) is 0 Å². The van der Waals surface area contributed by atoms with Gasteiger partial charge in [0.2, 0.25) is 0 Å². The molecule has 1 heterocycles. The second-order valence-electron chi connectivity index (χ2n) is 7.58. The number of halogens is 4. The van der Waals surface area contributed by atoms with Crippen molar-refractivity contribution < 1.29 is 18.3 Å². The van der Waals surface area contributed by atoms with E-state index in [4.69, 9.17) is 16.6 Å². The van der Waals surface area contributed by atoms with Gasteiger partial charge in [-0.2, -0.15) is 13.2 Å². The van der Waals surface area contributed by atoms with Crippen LogP contribution in [0.3, 0.4) is 0 Å². The Kier molecular flexibility index (Phi) is 5.67. The van der Waals surface area contributed by atoms with Gasteiger partial charge in [-0.3, -0.25) is 4.99 Å². The van der Waals surface area contributed by atoms with E-state index >= 15 is 0 Å². The number of phenolic OH excluding ortho intramolecular Hbond substituents is 1. The molecule has 7 heteroatoms. The first-order valence-electron chi connectivity index (χ1n) is 9.76. The van der Waals surface area contributed by atoms with Gasteiger partial charge in [0.25, 0.3) is 0 Å². The second-order valence-corrected chi connectivity index (χ2v) is 8.02. The summed E-state index contributed by atoms with van der Waals surface area (Å²) >= 11 is 6.25. The molecule has 0 fully saturated rings. The molecular weight excluding hydrogens is 425 g/mol. The normalized spacial score (nSPS) is 16.5. The molecule has 0 saturated heterocycles. The molecule has 0 spiro atoms. The lowest BCUT2D eigenvalue weighted by Crippen LogP contribution is -2.29. The second kappa shape index (κ2) is 8.27. The molecule has 31 heavy (non-hydrogen) atoms. The van der Waals surface area contributed by atoms with Gasteiger partial charge in [0.1, 0.15) is 5.75 Å². The van der Waals surface area contributed by atoms with Gasteiger partial charge < -0.3 is 10.0 Å². The van der Waals surface area contributed by atoms with E-state index in [0.29, 0.717) is 17.3 Å². The number of aliphatic imine (C=N–C) groups is 1. The summed E-state index contributed by atoms with van der Waals surface area (Å²) in [6.07, 6.45) is -4.28. The largest absolute Gasteiger partial charge is 0.508 e. The summed E-state index contributed by atoms with van der Waals surface area (Å²) in [5, 5.41) is 10.2. The predicted molar refractivity (Wildman–Crippen MR) is 117 cm³/mol. The van der Waals surface area contributed by atoms with Gasteiger partial charge in [-0.25, -0.2) is 0 Å². The van der Waals surface area contributed by atoms with Crippen molar-refractivity contribution in [2.24, 2.45) is 4.99 Å². The Morgan fingerprint density at radius 2 is 1.77 bits per heavy atom. The van der Waals surface area contributed by atoms with Crippen LogP contribution in [0.4, 0.5) is 18.9 Å². The number of hydrogen-bond acceptors (Lipinski definition) is 3. The Hall–Kier alpha value is -2.99. The van der Waals surface area contributed by atoms with E-state index in [9.17, 15) is 18.3 Å². The fourth-order valence-electron chi connectivity index (χ4n) is 3.93. The lowest BCUT2D eigenvalue weighted by Gasteiger charge is -2.23. The number of alkyl halides is 3. The summed E-state index contributed by atoms with van der Waals surface area (Å²) in [5.74, 6) is 0.122. The number of aromatic hydroxyl groups is 1. The quantitative estimate of drug-likeness (QED) is 0.540. The maximum Gasteiger partial charge on any atom is 0.416 e. The molecule has 3 aromatic rings. The number of rotatable bonds is 3. The van der Waals surface area contributed by atoms with Crippen LogP contribution in [-0.2, 0) is 12.6 Å². The third kappa shape index (κ3) is 4.54. The number of nitrogens with zero attached hydrogens (tertiary/aromatic N) is 2. The van der Waals surface area contributed by atoms with Gasteiger partial charge in [-0.05, 0) is 60.5 Å². The van der Waals surface area contributed by atoms with Crippen LogP contribution in [0.15, 0.2) is 71.7 Å². The van der Waals surface area contributed by atoms with Crippen molar-refractivity contribution in [3.05, 3.63) is 94.0 Å². The van der Waals surface area contributed by atoms with E-state index in [-0.39, 0.29) is 17.7 Å². The van der Waals surface area contributed by atoms with Gasteiger partial charge >= 0.3 is 6.18 Å². The molecule has 0 aromatic heterocycles. The Morgan fingerprint density at radius 1 is 1.06 bits per heavy atom. The highest BCUT2D eigenvalue weighted by Gasteiger charge is 2.34. The first-order valence-corrected chi connectivity index (χ1v) is 10.1. The number of anilines is 1. The van der Waals surface area contributed by atoms with Gasteiger partial charge in [0, 0.05) is 35.4 Å². The minimum Gasteiger partial charge on any atom is -0.508 e. The first-order chi connectivity index (χ1) is 14.7. The van der Waals surface area contributed by atoms with Crippen LogP contribution in [0.1, 0.15) is 22.3 Å². The van der Waals surface area contributed by atoms with Crippen molar-refractivity contribution in [1.82, 2.24) is 0 Å². The molecule has 3 aromatic carbocycles. The summed E-state index contributed by atoms with van der Waals surface area (Å²) in [7, 11) is 1.89. The molecule has 0 amide bonds. The van der Waals surface area contributed by atoms with Crippen molar-refractivity contribution in [2.75, 3.05) is 18.5 Å². The highest BCUT2D eigenvalue weighted by Crippen LogP contribution is 2.34. The van der Waals surface area contributed by atoms with Crippen molar-refractivity contribution in [2.45, 2.75) is 18.6 Å². The van der Waals surface area contributed by atoms with Gasteiger partial charge in [-0.15, -0.1) is 0 Å². The number of benzodiazepines with no additional fused rings is 1. The number of phenols is 1. The van der Waals surface area contributed by atoms with Gasteiger partial charge in [0.05, 0.1) is 17.3 Å². The van der Waals surface area contributed by atoms with Gasteiger partial charge in [-0.1, -0.05) is 29.8 Å². The minimum absolute atomic E-state index is 0.122. The lowest BCUT2D eigenvalue weighted by atomic mass is 9.99. The molecule has 1 atom stereocenters. The molecule has 1 N–H and O–H groups in total. The van der Waals surface area contributed by atoms with Crippen molar-refractivity contribution in [3.63, 3.8) is 0 Å². The Labute approximate surface area is 183 Å². The lowest BCUT2D eigenvalue weighted by molar-refractivity contribution is -0.138. The standard InChI is InChI=1S/C24H20ClF3N2O/c1-30-14-18(12-16-4-2-3-5-21(16)24(26,27)28)29-23(15-6-9-19(31)10-7-15)20-13-17(25)8-11-22(20)30/h2-11,13,18,31H,12,14H2,1H3. The van der Waals surface area contributed by atoms with E-state index in [0.717, 1.165) is 22.9 Å². The maximum atomic E-state index is 13.5. The molecule has 0 radical (unpaired) electrons. The van der Waals surface area contributed by atoms with Crippen LogP contribution < -0.4 is 4.90 Å². The predicted octanol–water partition coefficient (Wildman–Crippen LogP) is 5.96. The number of likely N-dealkylation sites (N-methyl/N-ethyl adjacent to an activating group) is 1. The summed E-state index contributed by atoms with van der Waals surface area (Å²) < 4.78 is 40.5. The van der Waals surface area contributed by atoms with Crippen LogP contribution in [0.5, 0.6) is 5.75 Å². The average Bonchev–Trinajstić information content (AvgIpc) is 2.84. The fraction of sp³-hybridized carbons (Fsp3) is 0.208. The Morgan fingerprint density at radius 3 is 2.48 bits per heavy atom. The fourth-order valence-corrected chi connectivity index (χ4v) is 4.10. The van der Waals surface area contributed by atoms with Gasteiger partial charge in [0.15, 0.2) is 0 Å². The van der Waals surface area contributed by atoms with E-state index < -0.39 is 17.8 Å². The molecule has 1 aliphatic rings. The number of fused-ring (bicyclic) bond motifs is 1. The first kappa shape index (κ1) is 21.2. The zero-order chi connectivity index (χ0) is 22.2. The van der Waals surface area contributed by atoms with Crippen molar-refractivity contribution in [1.29, 1.82) is 0 Å². The SMILES string of the molecule is CN1CC(Cc2ccccc2C(F)(F)F)N=C(c2ccc(O)cc2)c2cc(Cl)ccc21. The zero-order valence-corrected chi connectivity index (χ0v) is 17.5. The molecule has 1 aliphatic heterocycles. The van der Waals surface area contributed by atoms with Crippen LogP contribution >= 0.6 is 11.6 Å². The summed E-state index contributed by atoms with van der Waals surface area (Å²) in [4.78, 5) is 6.88. The average molecular weight is 445 g/mol. The third-order valence-corrected chi connectivity index (χ3v) is 5.58. The molecular formula is C24H20ClF3N2O. The summed E-state index contributed by atoms with van der Waals surface area (Å²) in [6.45, 7) is 0.447. The van der Waals surface area contributed by atoms with E-state index in [1.54, 1.807) is 36.4 Å². The highest BCUT2D eigenvalue weighted by molar-refractivity contribution is 6.31. The maximum absolute atomic E-state index is 13.5. The van der Waals surface area contributed by atoms with E-state index in [1.165, 1.54) is 12.1 Å². The smallest absolute Gasteiger partial charge is 0.416 e. The zero-order valence-electron chi connectivity index (χ0n) is 16.7. The topological polar surface area (TPSA) is 35.8 Å². The number of hydrogen-bond donors (Lipinski definition) is 1. The molecule has 4 rings (SSSR count). The molecule has 3 nitrogen and oxygen atoms in total. The molecule has 0 saturated carbocycles. The van der Waals surface area contributed by atoms with Crippen molar-refractivity contribution >= 4 is 23.0 Å². The van der Waals surface area contributed by atoms with Crippen molar-refractivity contribution in [3.8, 4) is 5.75 Å². The molecule has 0 aliphatic carbocycles. The van der Waals surface area contributed by atoms with Crippen LogP contribution in [-0.4, -0.2) is 30.5 Å². The van der Waals surface area contributed by atoms with Crippen LogP contribution in [0, 0.1) is 0 Å².